The third kappa shape index (κ3) is 3.50. The molecule has 0 spiro atoms. The highest BCUT2D eigenvalue weighted by Gasteiger charge is 2.35. The van der Waals surface area contributed by atoms with Gasteiger partial charge in [-0.2, -0.15) is 4.31 Å². The predicted octanol–water partition coefficient (Wildman–Crippen LogP) is 2.29. The predicted molar refractivity (Wildman–Crippen MR) is 93.3 cm³/mol. The van der Waals surface area contributed by atoms with E-state index in [4.69, 9.17) is 4.42 Å². The smallest absolute Gasteiger partial charge is 0.338 e. The Kier molecular flexibility index (Phi) is 5.28. The minimum Gasteiger partial charge on any atom is -0.478 e. The summed E-state index contributed by atoms with van der Waals surface area (Å²) in [6, 6.07) is 3.41. The van der Waals surface area contributed by atoms with E-state index in [0.29, 0.717) is 43.8 Å². The summed E-state index contributed by atoms with van der Waals surface area (Å²) < 4.78 is 32.9. The van der Waals surface area contributed by atoms with Gasteiger partial charge in [0, 0.05) is 18.0 Å². The first-order valence-corrected chi connectivity index (χ1v) is 10.3. The van der Waals surface area contributed by atoms with E-state index in [2.05, 4.69) is 5.32 Å². The fourth-order valence-corrected chi connectivity index (χ4v) is 6.44. The highest BCUT2D eigenvalue weighted by molar-refractivity contribution is 7.91. The molecule has 0 amide bonds. The van der Waals surface area contributed by atoms with Crippen LogP contribution in [0, 0.1) is 0 Å². The summed E-state index contributed by atoms with van der Waals surface area (Å²) in [4.78, 5) is 12.6. The van der Waals surface area contributed by atoms with E-state index in [1.54, 1.807) is 12.1 Å². The molecule has 136 valence electrons. The van der Waals surface area contributed by atoms with E-state index in [0.717, 1.165) is 16.2 Å². The molecule has 25 heavy (non-hydrogen) atoms. The molecule has 0 atom stereocenters. The fraction of sp³-hybridized carbons (Fsp3) is 0.438. The molecular formula is C16H20N2O5S2. The second-order valence-corrected chi connectivity index (χ2v) is 9.05. The number of thiophene rings is 1. The van der Waals surface area contributed by atoms with E-state index in [1.807, 2.05) is 6.92 Å². The SMILES string of the molecule is CCCN(Cc1ccco1)S(=O)(=O)c1sc2c(c1C(=O)O)CCNC2. The van der Waals surface area contributed by atoms with Crippen molar-refractivity contribution in [1.29, 1.82) is 0 Å². The lowest BCUT2D eigenvalue weighted by Gasteiger charge is -2.20. The summed E-state index contributed by atoms with van der Waals surface area (Å²) in [5.41, 5.74) is 0.575. The summed E-state index contributed by atoms with van der Waals surface area (Å²) in [6.45, 7) is 3.41. The summed E-state index contributed by atoms with van der Waals surface area (Å²) >= 11 is 1.06. The monoisotopic (exact) mass is 384 g/mol. The quantitative estimate of drug-likeness (QED) is 0.760. The Balaban J connectivity index is 2.05. The molecule has 7 nitrogen and oxygen atoms in total. The van der Waals surface area contributed by atoms with Crippen LogP contribution in [-0.4, -0.2) is 36.9 Å². The Bertz CT molecular complexity index is 855. The van der Waals surface area contributed by atoms with Gasteiger partial charge in [0.25, 0.3) is 10.0 Å². The Labute approximate surface area is 150 Å². The number of fused-ring (bicyclic) bond motifs is 1. The van der Waals surface area contributed by atoms with Gasteiger partial charge in [-0.15, -0.1) is 11.3 Å². The van der Waals surface area contributed by atoms with Crippen molar-refractivity contribution < 1.29 is 22.7 Å². The van der Waals surface area contributed by atoms with Crippen molar-refractivity contribution >= 4 is 27.3 Å². The Morgan fingerprint density at radius 3 is 2.92 bits per heavy atom. The molecule has 1 aliphatic heterocycles. The maximum Gasteiger partial charge on any atom is 0.338 e. The molecule has 0 aliphatic carbocycles. The Hall–Kier alpha value is -1.68. The average Bonchev–Trinajstić information content (AvgIpc) is 3.21. The van der Waals surface area contributed by atoms with Crippen LogP contribution in [0.1, 0.15) is 39.9 Å². The van der Waals surface area contributed by atoms with Gasteiger partial charge in [-0.25, -0.2) is 13.2 Å². The van der Waals surface area contributed by atoms with Gasteiger partial charge in [0.05, 0.1) is 18.4 Å². The second-order valence-electron chi connectivity index (χ2n) is 5.82. The zero-order valence-electron chi connectivity index (χ0n) is 13.8. The molecule has 2 N–H and O–H groups in total. The molecule has 0 unspecified atom stereocenters. The van der Waals surface area contributed by atoms with E-state index in [-0.39, 0.29) is 16.3 Å². The van der Waals surface area contributed by atoms with Crippen molar-refractivity contribution in [2.24, 2.45) is 0 Å². The largest absolute Gasteiger partial charge is 0.478 e. The van der Waals surface area contributed by atoms with Gasteiger partial charge >= 0.3 is 5.97 Å². The van der Waals surface area contributed by atoms with Crippen molar-refractivity contribution in [2.45, 2.75) is 37.1 Å². The summed E-state index contributed by atoms with van der Waals surface area (Å²) in [7, 11) is -3.93. The van der Waals surface area contributed by atoms with Gasteiger partial charge in [-0.3, -0.25) is 0 Å². The lowest BCUT2D eigenvalue weighted by atomic mass is 10.1. The van der Waals surface area contributed by atoms with Gasteiger partial charge in [0.1, 0.15) is 9.97 Å². The zero-order valence-corrected chi connectivity index (χ0v) is 15.5. The third-order valence-corrected chi connectivity index (χ3v) is 7.64. The summed E-state index contributed by atoms with van der Waals surface area (Å²) in [5.74, 6) is -0.663. The van der Waals surface area contributed by atoms with Crippen LogP contribution in [0.4, 0.5) is 0 Å². The number of hydrogen-bond acceptors (Lipinski definition) is 6. The first-order chi connectivity index (χ1) is 11.9. The van der Waals surface area contributed by atoms with E-state index in [1.165, 1.54) is 10.6 Å². The molecule has 1 aliphatic rings. The molecule has 2 aromatic heterocycles. The highest BCUT2D eigenvalue weighted by Crippen LogP contribution is 2.36. The maximum atomic E-state index is 13.2. The second kappa shape index (κ2) is 7.28. The standard InChI is InChI=1S/C16H20N2O5S2/c1-2-7-18(10-11-4-3-8-23-11)25(21,22)16-14(15(19)20)12-5-6-17-9-13(12)24-16/h3-4,8,17H,2,5-7,9-10H2,1H3,(H,19,20). The number of carbonyl (C=O) groups is 1. The molecule has 0 saturated heterocycles. The van der Waals surface area contributed by atoms with E-state index >= 15 is 0 Å². The number of nitrogens with one attached hydrogen (secondary N) is 1. The fourth-order valence-electron chi connectivity index (χ4n) is 2.93. The van der Waals surface area contributed by atoms with Gasteiger partial charge in [-0.05, 0) is 37.1 Å². The van der Waals surface area contributed by atoms with E-state index in [9.17, 15) is 18.3 Å². The summed E-state index contributed by atoms with van der Waals surface area (Å²) in [6.07, 6.45) is 2.63. The molecule has 3 rings (SSSR count). The first kappa shape index (κ1) is 18.1. The number of nitrogens with zero attached hydrogens (tertiary/aromatic N) is 1. The zero-order chi connectivity index (χ0) is 18.0. The molecule has 0 saturated carbocycles. The van der Waals surface area contributed by atoms with Crippen LogP contribution >= 0.6 is 11.3 Å². The van der Waals surface area contributed by atoms with Gasteiger partial charge in [-0.1, -0.05) is 6.92 Å². The van der Waals surface area contributed by atoms with Crippen LogP contribution in [0.25, 0.3) is 0 Å². The van der Waals surface area contributed by atoms with E-state index < -0.39 is 16.0 Å². The number of carboxylic acids is 1. The molecule has 0 radical (unpaired) electrons. The summed E-state index contributed by atoms with van der Waals surface area (Å²) in [5, 5.41) is 12.8. The van der Waals surface area contributed by atoms with Crippen molar-refractivity contribution in [3.63, 3.8) is 0 Å². The molecular weight excluding hydrogens is 364 g/mol. The molecule has 9 heteroatoms. The van der Waals surface area contributed by atoms with Crippen molar-refractivity contribution in [3.05, 3.63) is 40.2 Å². The third-order valence-electron chi connectivity index (χ3n) is 4.07. The average molecular weight is 384 g/mol. The number of carboxylic acid groups (broad SMARTS) is 1. The lowest BCUT2D eigenvalue weighted by Crippen LogP contribution is -2.31. The molecule has 3 heterocycles. The molecule has 0 fully saturated rings. The highest BCUT2D eigenvalue weighted by atomic mass is 32.2. The van der Waals surface area contributed by atoms with Crippen molar-refractivity contribution in [3.8, 4) is 0 Å². The van der Waals surface area contributed by atoms with Crippen LogP contribution in [0.15, 0.2) is 27.0 Å². The molecule has 0 bridgehead atoms. The number of rotatable bonds is 7. The topological polar surface area (TPSA) is 99.9 Å². The number of aromatic carboxylic acids is 1. The number of hydrogen-bond donors (Lipinski definition) is 2. The Morgan fingerprint density at radius 1 is 1.48 bits per heavy atom. The van der Waals surface area contributed by atoms with Gasteiger partial charge in [0.2, 0.25) is 0 Å². The maximum absolute atomic E-state index is 13.2. The Morgan fingerprint density at radius 2 is 2.28 bits per heavy atom. The van der Waals surface area contributed by atoms with Crippen LogP contribution in [-0.2, 0) is 29.5 Å². The van der Waals surface area contributed by atoms with Gasteiger partial charge in [0.15, 0.2) is 0 Å². The lowest BCUT2D eigenvalue weighted by molar-refractivity contribution is 0.0692. The van der Waals surface area contributed by atoms with Crippen molar-refractivity contribution in [1.82, 2.24) is 9.62 Å². The normalized spacial score (nSPS) is 14.6. The minimum absolute atomic E-state index is 0.0675. The number of furan rings is 1. The van der Waals surface area contributed by atoms with Crippen molar-refractivity contribution in [2.75, 3.05) is 13.1 Å². The molecule has 2 aromatic rings. The first-order valence-electron chi connectivity index (χ1n) is 8.06. The minimum atomic E-state index is -3.93. The van der Waals surface area contributed by atoms with Crippen LogP contribution in [0.3, 0.4) is 0 Å². The van der Waals surface area contributed by atoms with Gasteiger partial charge < -0.3 is 14.8 Å². The molecule has 0 aromatic carbocycles. The number of sulfonamides is 1. The van der Waals surface area contributed by atoms with Crippen LogP contribution < -0.4 is 5.32 Å². The van der Waals surface area contributed by atoms with Crippen LogP contribution in [0.5, 0.6) is 0 Å². The van der Waals surface area contributed by atoms with Crippen LogP contribution in [0.2, 0.25) is 0 Å².